The first-order valence-corrected chi connectivity index (χ1v) is 7.86. The zero-order chi connectivity index (χ0) is 15.5. The van der Waals surface area contributed by atoms with Crippen molar-refractivity contribution in [3.05, 3.63) is 29.3 Å². The third kappa shape index (κ3) is 3.53. The second kappa shape index (κ2) is 6.60. The molecule has 0 fully saturated rings. The van der Waals surface area contributed by atoms with Gasteiger partial charge in [-0.3, -0.25) is 0 Å². The van der Waals surface area contributed by atoms with Crippen LogP contribution in [0.1, 0.15) is 26.3 Å². The SMILES string of the molecule is CCN(CC(C)C)S(=O)(=O)c1cc(CN)cc(F)c1F. The van der Waals surface area contributed by atoms with Gasteiger partial charge in [0.15, 0.2) is 11.6 Å². The molecule has 0 aromatic heterocycles. The van der Waals surface area contributed by atoms with Gasteiger partial charge < -0.3 is 5.73 Å². The van der Waals surface area contributed by atoms with Crippen molar-refractivity contribution in [3.63, 3.8) is 0 Å². The van der Waals surface area contributed by atoms with E-state index in [2.05, 4.69) is 0 Å². The molecule has 0 saturated carbocycles. The van der Waals surface area contributed by atoms with Gasteiger partial charge in [-0.25, -0.2) is 17.2 Å². The molecule has 0 aliphatic carbocycles. The van der Waals surface area contributed by atoms with Crippen molar-refractivity contribution in [1.82, 2.24) is 4.31 Å². The minimum absolute atomic E-state index is 0.0595. The number of hydrogen-bond acceptors (Lipinski definition) is 3. The molecule has 4 nitrogen and oxygen atoms in total. The number of sulfonamides is 1. The molecule has 0 bridgehead atoms. The van der Waals surface area contributed by atoms with Crippen LogP contribution in [0.3, 0.4) is 0 Å². The van der Waals surface area contributed by atoms with E-state index in [1.807, 2.05) is 13.8 Å². The molecule has 7 heteroatoms. The van der Waals surface area contributed by atoms with E-state index in [9.17, 15) is 17.2 Å². The van der Waals surface area contributed by atoms with E-state index in [1.165, 1.54) is 0 Å². The monoisotopic (exact) mass is 306 g/mol. The Bertz CT molecular complexity index is 574. The summed E-state index contributed by atoms with van der Waals surface area (Å²) < 4.78 is 53.3. The van der Waals surface area contributed by atoms with Gasteiger partial charge in [-0.15, -0.1) is 0 Å². The average molecular weight is 306 g/mol. The van der Waals surface area contributed by atoms with Crippen molar-refractivity contribution in [3.8, 4) is 0 Å². The zero-order valence-electron chi connectivity index (χ0n) is 11.9. The van der Waals surface area contributed by atoms with Crippen LogP contribution in [0.4, 0.5) is 8.78 Å². The number of hydrogen-bond donors (Lipinski definition) is 1. The Morgan fingerprint density at radius 2 is 1.90 bits per heavy atom. The van der Waals surface area contributed by atoms with Gasteiger partial charge in [0, 0.05) is 19.6 Å². The fourth-order valence-corrected chi connectivity index (χ4v) is 3.60. The van der Waals surface area contributed by atoms with Crippen molar-refractivity contribution in [2.24, 2.45) is 11.7 Å². The zero-order valence-corrected chi connectivity index (χ0v) is 12.7. The minimum Gasteiger partial charge on any atom is -0.326 e. The molecule has 1 aromatic carbocycles. The van der Waals surface area contributed by atoms with Crippen molar-refractivity contribution in [2.75, 3.05) is 13.1 Å². The Balaban J connectivity index is 3.37. The summed E-state index contributed by atoms with van der Waals surface area (Å²) >= 11 is 0. The van der Waals surface area contributed by atoms with Crippen molar-refractivity contribution in [2.45, 2.75) is 32.2 Å². The molecule has 0 aliphatic heterocycles. The van der Waals surface area contributed by atoms with Gasteiger partial charge in [-0.1, -0.05) is 20.8 Å². The average Bonchev–Trinajstić information content (AvgIpc) is 2.38. The summed E-state index contributed by atoms with van der Waals surface area (Å²) in [4.78, 5) is -0.652. The molecule has 0 unspecified atom stereocenters. The highest BCUT2D eigenvalue weighted by molar-refractivity contribution is 7.89. The minimum atomic E-state index is -4.07. The van der Waals surface area contributed by atoms with Gasteiger partial charge in [0.2, 0.25) is 10.0 Å². The van der Waals surface area contributed by atoms with Crippen LogP contribution in [-0.4, -0.2) is 25.8 Å². The highest BCUT2D eigenvalue weighted by atomic mass is 32.2. The van der Waals surface area contributed by atoms with Gasteiger partial charge in [0.1, 0.15) is 4.90 Å². The second-order valence-electron chi connectivity index (χ2n) is 4.94. The van der Waals surface area contributed by atoms with E-state index in [1.54, 1.807) is 6.92 Å². The van der Waals surface area contributed by atoms with E-state index in [0.717, 1.165) is 16.4 Å². The summed E-state index contributed by atoms with van der Waals surface area (Å²) in [6.45, 7) is 5.73. The van der Waals surface area contributed by atoms with Gasteiger partial charge in [0.05, 0.1) is 0 Å². The van der Waals surface area contributed by atoms with Crippen molar-refractivity contribution in [1.29, 1.82) is 0 Å². The summed E-state index contributed by atoms with van der Waals surface area (Å²) in [5, 5.41) is 0. The number of halogens is 2. The van der Waals surface area contributed by atoms with E-state index in [-0.39, 0.29) is 31.1 Å². The number of nitrogens with two attached hydrogens (primary N) is 1. The molecule has 0 heterocycles. The summed E-state index contributed by atoms with van der Waals surface area (Å²) in [6, 6.07) is 2.00. The van der Waals surface area contributed by atoms with Crippen LogP contribution in [0.2, 0.25) is 0 Å². The Morgan fingerprint density at radius 3 is 2.35 bits per heavy atom. The second-order valence-corrected chi connectivity index (χ2v) is 6.85. The smallest absolute Gasteiger partial charge is 0.246 e. The first kappa shape index (κ1) is 17.0. The molecule has 0 radical (unpaired) electrons. The summed E-state index contributed by atoms with van der Waals surface area (Å²) in [6.07, 6.45) is 0. The van der Waals surface area contributed by atoms with Crippen LogP contribution in [0.15, 0.2) is 17.0 Å². The molecular weight excluding hydrogens is 286 g/mol. The van der Waals surface area contributed by atoms with Crippen LogP contribution in [0.25, 0.3) is 0 Å². The molecule has 0 atom stereocenters. The fourth-order valence-electron chi connectivity index (χ4n) is 1.87. The lowest BCUT2D eigenvalue weighted by atomic mass is 10.2. The van der Waals surface area contributed by atoms with Gasteiger partial charge in [-0.05, 0) is 23.6 Å². The number of benzene rings is 1. The predicted molar refractivity (Wildman–Crippen MR) is 73.5 cm³/mol. The Morgan fingerprint density at radius 1 is 1.30 bits per heavy atom. The van der Waals surface area contributed by atoms with E-state index in [0.29, 0.717) is 0 Å². The molecule has 0 spiro atoms. The molecule has 0 aliphatic rings. The molecule has 1 aromatic rings. The Hall–Kier alpha value is -1.05. The topological polar surface area (TPSA) is 63.4 Å². The lowest BCUT2D eigenvalue weighted by molar-refractivity contribution is 0.376. The van der Waals surface area contributed by atoms with Crippen LogP contribution in [-0.2, 0) is 16.6 Å². The molecule has 1 rings (SSSR count). The highest BCUT2D eigenvalue weighted by Gasteiger charge is 2.29. The maximum Gasteiger partial charge on any atom is 0.246 e. The number of rotatable bonds is 6. The molecule has 114 valence electrons. The molecule has 0 amide bonds. The van der Waals surface area contributed by atoms with E-state index >= 15 is 0 Å². The normalized spacial score (nSPS) is 12.4. The van der Waals surface area contributed by atoms with Crippen LogP contribution in [0, 0.1) is 17.6 Å². The lowest BCUT2D eigenvalue weighted by Gasteiger charge is -2.23. The summed E-state index contributed by atoms with van der Waals surface area (Å²) in [7, 11) is -4.07. The fraction of sp³-hybridized carbons (Fsp3) is 0.538. The molecule has 2 N–H and O–H groups in total. The largest absolute Gasteiger partial charge is 0.326 e. The molecule has 0 saturated heterocycles. The van der Waals surface area contributed by atoms with Crippen LogP contribution >= 0.6 is 0 Å². The third-order valence-electron chi connectivity index (χ3n) is 2.83. The molecular formula is C13H20F2N2O2S. The Labute approximate surface area is 118 Å². The van der Waals surface area contributed by atoms with Gasteiger partial charge in [-0.2, -0.15) is 4.31 Å². The number of nitrogens with zero attached hydrogens (tertiary/aromatic N) is 1. The third-order valence-corrected chi connectivity index (χ3v) is 4.77. The van der Waals surface area contributed by atoms with E-state index < -0.39 is 26.6 Å². The predicted octanol–water partition coefficient (Wildman–Crippen LogP) is 2.09. The quantitative estimate of drug-likeness (QED) is 0.875. The summed E-state index contributed by atoms with van der Waals surface area (Å²) in [5.74, 6) is -2.48. The Kier molecular flexibility index (Phi) is 5.61. The maximum absolute atomic E-state index is 13.8. The molecule has 20 heavy (non-hydrogen) atoms. The maximum atomic E-state index is 13.8. The first-order chi connectivity index (χ1) is 9.23. The standard InChI is InChI=1S/C13H20F2N2O2S/c1-4-17(8-9(2)3)20(18,19)12-6-10(7-16)5-11(14)13(12)15/h5-6,9H,4,7-8,16H2,1-3H3. The van der Waals surface area contributed by atoms with Crippen molar-refractivity contribution < 1.29 is 17.2 Å². The van der Waals surface area contributed by atoms with Crippen LogP contribution in [0.5, 0.6) is 0 Å². The first-order valence-electron chi connectivity index (χ1n) is 6.42. The van der Waals surface area contributed by atoms with Gasteiger partial charge >= 0.3 is 0 Å². The van der Waals surface area contributed by atoms with Crippen molar-refractivity contribution >= 4 is 10.0 Å². The highest BCUT2D eigenvalue weighted by Crippen LogP contribution is 2.23. The summed E-state index contributed by atoms with van der Waals surface area (Å²) in [5.41, 5.74) is 5.61. The van der Waals surface area contributed by atoms with E-state index in [4.69, 9.17) is 5.73 Å². The van der Waals surface area contributed by atoms with Gasteiger partial charge in [0.25, 0.3) is 0 Å². The van der Waals surface area contributed by atoms with Crippen LogP contribution < -0.4 is 5.73 Å². The lowest BCUT2D eigenvalue weighted by Crippen LogP contribution is -2.34.